The highest BCUT2D eigenvalue weighted by Crippen LogP contribution is 2.12. The van der Waals surface area contributed by atoms with Gasteiger partial charge in [-0.2, -0.15) is 0 Å². The molecule has 0 aliphatic carbocycles. The van der Waals surface area contributed by atoms with E-state index in [-0.39, 0.29) is 24.0 Å². The first-order valence-corrected chi connectivity index (χ1v) is 6.23. The lowest BCUT2D eigenvalue weighted by Crippen LogP contribution is -2.44. The maximum absolute atomic E-state index is 5.95. The van der Waals surface area contributed by atoms with E-state index in [4.69, 9.17) is 15.0 Å². The minimum atomic E-state index is 0. The maximum atomic E-state index is 5.95. The van der Waals surface area contributed by atoms with Gasteiger partial charge in [0.25, 0.3) is 0 Å². The van der Waals surface area contributed by atoms with Crippen LogP contribution in [0.4, 0.5) is 0 Å². The third-order valence-electron chi connectivity index (χ3n) is 3.15. The lowest BCUT2D eigenvalue weighted by atomic mass is 10.1. The van der Waals surface area contributed by atoms with Crippen molar-refractivity contribution >= 4 is 29.9 Å². The summed E-state index contributed by atoms with van der Waals surface area (Å²) in [6.45, 7) is 7.61. The van der Waals surface area contributed by atoms with Crippen molar-refractivity contribution in [2.24, 2.45) is 10.7 Å². The Hall–Kier alpha value is -0.830. The van der Waals surface area contributed by atoms with Crippen LogP contribution in [0.3, 0.4) is 0 Å². The summed E-state index contributed by atoms with van der Waals surface area (Å²) in [4.78, 5) is 6.45. The van der Waals surface area contributed by atoms with Crippen molar-refractivity contribution < 1.29 is 9.26 Å². The molecule has 2 rings (SSSR count). The zero-order valence-electron chi connectivity index (χ0n) is 11.4. The van der Waals surface area contributed by atoms with Crippen LogP contribution in [-0.2, 0) is 11.2 Å². The molecule has 0 saturated carbocycles. The van der Waals surface area contributed by atoms with E-state index in [2.05, 4.69) is 15.0 Å². The standard InChI is InChI=1S/C12H20N4O2.HI/c1-9-11(10(2)18-15-9)3-4-14-12(13)16-5-7-17-8-6-16;/h3-8H2,1-2H3,(H2,13,14);1H. The monoisotopic (exact) mass is 380 g/mol. The van der Waals surface area contributed by atoms with Crippen molar-refractivity contribution in [2.45, 2.75) is 20.3 Å². The van der Waals surface area contributed by atoms with Crippen molar-refractivity contribution in [3.8, 4) is 0 Å². The summed E-state index contributed by atoms with van der Waals surface area (Å²) in [6, 6.07) is 0. The first-order valence-electron chi connectivity index (χ1n) is 6.23. The van der Waals surface area contributed by atoms with Crippen molar-refractivity contribution in [3.05, 3.63) is 17.0 Å². The molecule has 1 saturated heterocycles. The number of aromatic nitrogens is 1. The second-order valence-electron chi connectivity index (χ2n) is 4.39. The van der Waals surface area contributed by atoms with Crippen LogP contribution in [0.25, 0.3) is 0 Å². The topological polar surface area (TPSA) is 76.9 Å². The zero-order valence-corrected chi connectivity index (χ0v) is 13.7. The second-order valence-corrected chi connectivity index (χ2v) is 4.39. The molecule has 0 amide bonds. The van der Waals surface area contributed by atoms with Gasteiger partial charge in [0.05, 0.1) is 18.9 Å². The quantitative estimate of drug-likeness (QED) is 0.483. The van der Waals surface area contributed by atoms with Crippen LogP contribution in [0, 0.1) is 13.8 Å². The molecule has 7 heteroatoms. The molecule has 2 N–H and O–H groups in total. The molecule has 0 bridgehead atoms. The fraction of sp³-hybridized carbons (Fsp3) is 0.667. The molecule has 1 aliphatic heterocycles. The van der Waals surface area contributed by atoms with Gasteiger partial charge in [-0.15, -0.1) is 24.0 Å². The van der Waals surface area contributed by atoms with Crippen molar-refractivity contribution in [1.82, 2.24) is 10.1 Å². The Morgan fingerprint density at radius 2 is 2.05 bits per heavy atom. The number of aryl methyl sites for hydroxylation is 2. The highest BCUT2D eigenvalue weighted by atomic mass is 127. The van der Waals surface area contributed by atoms with Crippen LogP contribution in [0.2, 0.25) is 0 Å². The molecule has 6 nitrogen and oxygen atoms in total. The Kier molecular flexibility index (Phi) is 6.56. The number of nitrogens with zero attached hydrogens (tertiary/aromatic N) is 3. The molecule has 0 unspecified atom stereocenters. The highest BCUT2D eigenvalue weighted by molar-refractivity contribution is 14.0. The summed E-state index contributed by atoms with van der Waals surface area (Å²) in [7, 11) is 0. The Balaban J connectivity index is 0.00000180. The summed E-state index contributed by atoms with van der Waals surface area (Å²) in [5.41, 5.74) is 8.02. The molecule has 0 atom stereocenters. The van der Waals surface area contributed by atoms with E-state index in [1.165, 1.54) is 0 Å². The summed E-state index contributed by atoms with van der Waals surface area (Å²) in [5.74, 6) is 1.47. The van der Waals surface area contributed by atoms with Crippen molar-refractivity contribution in [1.29, 1.82) is 0 Å². The normalized spacial score (nSPS) is 16.3. The first kappa shape index (κ1) is 16.2. The van der Waals surface area contributed by atoms with Gasteiger partial charge in [-0.05, 0) is 20.3 Å². The predicted molar refractivity (Wildman–Crippen MR) is 84.0 cm³/mol. The molecule has 1 fully saturated rings. The smallest absolute Gasteiger partial charge is 0.191 e. The fourth-order valence-corrected chi connectivity index (χ4v) is 2.03. The Bertz CT molecular complexity index is 408. The fourth-order valence-electron chi connectivity index (χ4n) is 2.03. The van der Waals surface area contributed by atoms with Gasteiger partial charge < -0.3 is 19.9 Å². The molecule has 0 radical (unpaired) electrons. The van der Waals surface area contributed by atoms with Gasteiger partial charge in [-0.3, -0.25) is 4.99 Å². The zero-order chi connectivity index (χ0) is 13.0. The minimum Gasteiger partial charge on any atom is -0.378 e. The molecular formula is C12H21IN4O2. The lowest BCUT2D eigenvalue weighted by Gasteiger charge is -2.27. The van der Waals surface area contributed by atoms with Gasteiger partial charge >= 0.3 is 0 Å². The second kappa shape index (κ2) is 7.68. The van der Waals surface area contributed by atoms with Crippen molar-refractivity contribution in [2.75, 3.05) is 32.8 Å². The Labute approximate surface area is 130 Å². The molecule has 2 heterocycles. The Morgan fingerprint density at radius 3 is 2.63 bits per heavy atom. The SMILES string of the molecule is Cc1noc(C)c1CCN=C(N)N1CCOCC1.I. The summed E-state index contributed by atoms with van der Waals surface area (Å²) in [5, 5.41) is 3.92. The van der Waals surface area contributed by atoms with E-state index in [1.54, 1.807) is 0 Å². The number of morpholine rings is 1. The molecule has 19 heavy (non-hydrogen) atoms. The molecule has 0 spiro atoms. The number of hydrogen-bond donors (Lipinski definition) is 1. The van der Waals surface area contributed by atoms with E-state index < -0.39 is 0 Å². The molecule has 108 valence electrons. The van der Waals surface area contributed by atoms with Gasteiger partial charge in [0.1, 0.15) is 5.76 Å². The molecule has 0 aromatic carbocycles. The number of nitrogens with two attached hydrogens (primary N) is 1. The number of ether oxygens (including phenoxy) is 1. The summed E-state index contributed by atoms with van der Waals surface area (Å²) < 4.78 is 10.4. The van der Waals surface area contributed by atoms with Crippen LogP contribution < -0.4 is 5.73 Å². The molecular weight excluding hydrogens is 359 g/mol. The number of aliphatic imine (C=N–C) groups is 1. The van der Waals surface area contributed by atoms with Gasteiger partial charge in [-0.1, -0.05) is 5.16 Å². The predicted octanol–water partition coefficient (Wildman–Crippen LogP) is 1.10. The molecule has 1 aromatic heterocycles. The van der Waals surface area contributed by atoms with Crippen LogP contribution >= 0.6 is 24.0 Å². The number of hydrogen-bond acceptors (Lipinski definition) is 4. The summed E-state index contributed by atoms with van der Waals surface area (Å²) >= 11 is 0. The number of halogens is 1. The summed E-state index contributed by atoms with van der Waals surface area (Å²) in [6.07, 6.45) is 0.812. The average Bonchev–Trinajstić information content (AvgIpc) is 2.71. The third kappa shape index (κ3) is 4.34. The highest BCUT2D eigenvalue weighted by Gasteiger charge is 2.12. The lowest BCUT2D eigenvalue weighted by molar-refractivity contribution is 0.0674. The average molecular weight is 380 g/mol. The van der Waals surface area contributed by atoms with Crippen LogP contribution in [0.15, 0.2) is 9.52 Å². The largest absolute Gasteiger partial charge is 0.378 e. The Morgan fingerprint density at radius 1 is 1.37 bits per heavy atom. The first-order chi connectivity index (χ1) is 8.68. The number of guanidine groups is 1. The van der Waals surface area contributed by atoms with Crippen LogP contribution in [0.5, 0.6) is 0 Å². The third-order valence-corrected chi connectivity index (χ3v) is 3.15. The number of rotatable bonds is 3. The van der Waals surface area contributed by atoms with E-state index in [1.807, 2.05) is 13.8 Å². The van der Waals surface area contributed by atoms with Gasteiger partial charge in [0.15, 0.2) is 5.96 Å². The molecule has 1 aromatic rings. The van der Waals surface area contributed by atoms with Crippen LogP contribution in [-0.4, -0.2) is 48.9 Å². The van der Waals surface area contributed by atoms with E-state index in [9.17, 15) is 0 Å². The van der Waals surface area contributed by atoms with Gasteiger partial charge in [-0.25, -0.2) is 0 Å². The van der Waals surface area contributed by atoms with Crippen LogP contribution in [0.1, 0.15) is 17.0 Å². The van der Waals surface area contributed by atoms with Gasteiger partial charge in [0.2, 0.25) is 0 Å². The van der Waals surface area contributed by atoms with E-state index >= 15 is 0 Å². The van der Waals surface area contributed by atoms with Gasteiger partial charge in [0, 0.05) is 25.2 Å². The minimum absolute atomic E-state index is 0. The molecule has 1 aliphatic rings. The van der Waals surface area contributed by atoms with E-state index in [0.29, 0.717) is 12.5 Å². The van der Waals surface area contributed by atoms with E-state index in [0.717, 1.165) is 49.7 Å². The maximum Gasteiger partial charge on any atom is 0.191 e. The van der Waals surface area contributed by atoms with Crippen molar-refractivity contribution in [3.63, 3.8) is 0 Å².